The Balaban J connectivity index is 2.24. The molecule has 0 spiro atoms. The van der Waals surface area contributed by atoms with Crippen LogP contribution in [0.5, 0.6) is 0 Å². The van der Waals surface area contributed by atoms with Crippen molar-refractivity contribution in [1.29, 1.82) is 0 Å². The highest BCUT2D eigenvalue weighted by atomic mass is 79.9. The molecule has 0 N–H and O–H groups in total. The summed E-state index contributed by atoms with van der Waals surface area (Å²) in [5, 5.41) is 0.929. The molecule has 0 aromatic heterocycles. The van der Waals surface area contributed by atoms with Crippen LogP contribution in [0.2, 0.25) is 0 Å². The van der Waals surface area contributed by atoms with Crippen molar-refractivity contribution >= 4 is 21.9 Å². The van der Waals surface area contributed by atoms with Crippen molar-refractivity contribution in [3.8, 4) is 0 Å². The third kappa shape index (κ3) is 2.47. The summed E-state index contributed by atoms with van der Waals surface area (Å²) in [6.45, 7) is 2.34. The topological polar surface area (TPSA) is 26.3 Å². The minimum atomic E-state index is -0.0514. The zero-order valence-corrected chi connectivity index (χ0v) is 8.32. The van der Waals surface area contributed by atoms with Gasteiger partial charge in [0.1, 0.15) is 0 Å². The fraction of sp³-hybridized carbons (Fsp3) is 0.875. The average molecular weight is 221 g/mol. The summed E-state index contributed by atoms with van der Waals surface area (Å²) in [5.74, 6) is -0.0514. The van der Waals surface area contributed by atoms with Crippen LogP contribution in [0.3, 0.4) is 0 Å². The Hall–Kier alpha value is -0.0500. The van der Waals surface area contributed by atoms with Gasteiger partial charge in [-0.2, -0.15) is 0 Å². The number of esters is 1. The number of carbonyl (C=O) groups excluding carboxylic acids is 1. The Morgan fingerprint density at radius 2 is 2.27 bits per heavy atom. The molecule has 1 rings (SSSR count). The van der Waals surface area contributed by atoms with Crippen LogP contribution in [0.4, 0.5) is 0 Å². The van der Waals surface area contributed by atoms with Gasteiger partial charge in [-0.3, -0.25) is 4.79 Å². The zero-order chi connectivity index (χ0) is 8.32. The molecule has 0 amide bonds. The van der Waals surface area contributed by atoms with Crippen molar-refractivity contribution in [1.82, 2.24) is 0 Å². The summed E-state index contributed by atoms with van der Waals surface area (Å²) in [6, 6.07) is 0. The lowest BCUT2D eigenvalue weighted by Gasteiger charge is -2.08. The molecule has 0 atom stereocenters. The molecule has 0 aromatic rings. The molecule has 3 heteroatoms. The standard InChI is InChI=1S/C8H13BrO2/c1-2-11-7(10)5-8(6-9)3-4-8/h2-6H2,1H3. The van der Waals surface area contributed by atoms with Crippen molar-refractivity contribution in [2.24, 2.45) is 5.41 Å². The molecular formula is C8H13BrO2. The number of hydrogen-bond donors (Lipinski definition) is 0. The average Bonchev–Trinajstić information content (AvgIpc) is 2.70. The second-order valence-corrected chi connectivity index (χ2v) is 3.68. The molecule has 0 heterocycles. The number of alkyl halides is 1. The summed E-state index contributed by atoms with van der Waals surface area (Å²) in [5.41, 5.74) is 0.256. The Morgan fingerprint density at radius 3 is 2.64 bits per heavy atom. The highest BCUT2D eigenvalue weighted by Crippen LogP contribution is 2.50. The van der Waals surface area contributed by atoms with E-state index in [1.807, 2.05) is 6.92 Å². The van der Waals surface area contributed by atoms with Gasteiger partial charge in [-0.15, -0.1) is 0 Å². The van der Waals surface area contributed by atoms with E-state index in [0.29, 0.717) is 13.0 Å². The summed E-state index contributed by atoms with van der Waals surface area (Å²) in [4.78, 5) is 11.0. The van der Waals surface area contributed by atoms with E-state index in [1.165, 1.54) is 0 Å². The van der Waals surface area contributed by atoms with Gasteiger partial charge in [0.05, 0.1) is 13.0 Å². The first-order chi connectivity index (χ1) is 5.22. The number of rotatable bonds is 4. The quantitative estimate of drug-likeness (QED) is 0.536. The van der Waals surface area contributed by atoms with E-state index < -0.39 is 0 Å². The number of ether oxygens (including phenoxy) is 1. The lowest BCUT2D eigenvalue weighted by Crippen LogP contribution is -2.13. The lowest BCUT2D eigenvalue weighted by atomic mass is 10.1. The van der Waals surface area contributed by atoms with Crippen molar-refractivity contribution in [3.05, 3.63) is 0 Å². The van der Waals surface area contributed by atoms with Crippen molar-refractivity contribution in [2.75, 3.05) is 11.9 Å². The first-order valence-corrected chi connectivity index (χ1v) is 5.06. The molecule has 2 nitrogen and oxygen atoms in total. The van der Waals surface area contributed by atoms with Gasteiger partial charge in [0, 0.05) is 5.33 Å². The predicted octanol–water partition coefficient (Wildman–Crippen LogP) is 2.11. The fourth-order valence-electron chi connectivity index (χ4n) is 1.05. The first kappa shape index (κ1) is 9.04. The largest absolute Gasteiger partial charge is 0.466 e. The Morgan fingerprint density at radius 1 is 1.64 bits per heavy atom. The molecule has 64 valence electrons. The number of carbonyl (C=O) groups is 1. The van der Waals surface area contributed by atoms with E-state index in [1.54, 1.807) is 0 Å². The van der Waals surface area contributed by atoms with Crippen molar-refractivity contribution < 1.29 is 9.53 Å². The number of halogens is 1. The number of hydrogen-bond acceptors (Lipinski definition) is 2. The first-order valence-electron chi connectivity index (χ1n) is 3.94. The summed E-state index contributed by atoms with van der Waals surface area (Å²) in [7, 11) is 0. The van der Waals surface area contributed by atoms with E-state index >= 15 is 0 Å². The summed E-state index contributed by atoms with van der Waals surface area (Å²) in [6.07, 6.45) is 2.92. The minimum Gasteiger partial charge on any atom is -0.466 e. The van der Waals surface area contributed by atoms with Gasteiger partial charge in [-0.1, -0.05) is 15.9 Å². The summed E-state index contributed by atoms with van der Waals surface area (Å²) < 4.78 is 4.86. The van der Waals surface area contributed by atoms with E-state index in [-0.39, 0.29) is 11.4 Å². The van der Waals surface area contributed by atoms with Crippen LogP contribution in [0.1, 0.15) is 26.2 Å². The monoisotopic (exact) mass is 220 g/mol. The zero-order valence-electron chi connectivity index (χ0n) is 6.73. The Bertz CT molecular complexity index is 152. The van der Waals surface area contributed by atoms with Crippen LogP contribution in [-0.4, -0.2) is 17.9 Å². The van der Waals surface area contributed by atoms with Crippen LogP contribution in [0, 0.1) is 5.41 Å². The van der Waals surface area contributed by atoms with Gasteiger partial charge in [0.2, 0.25) is 0 Å². The van der Waals surface area contributed by atoms with Crippen LogP contribution in [-0.2, 0) is 9.53 Å². The molecule has 11 heavy (non-hydrogen) atoms. The summed E-state index contributed by atoms with van der Waals surface area (Å²) >= 11 is 3.41. The van der Waals surface area contributed by atoms with Gasteiger partial charge in [-0.25, -0.2) is 0 Å². The SMILES string of the molecule is CCOC(=O)CC1(CBr)CC1. The van der Waals surface area contributed by atoms with Gasteiger partial charge in [-0.05, 0) is 25.2 Å². The van der Waals surface area contributed by atoms with Crippen LogP contribution < -0.4 is 0 Å². The van der Waals surface area contributed by atoms with Gasteiger partial charge < -0.3 is 4.74 Å². The molecule has 0 radical (unpaired) electrons. The van der Waals surface area contributed by atoms with Crippen LogP contribution in [0.25, 0.3) is 0 Å². The highest BCUT2D eigenvalue weighted by Gasteiger charge is 2.43. The molecule has 0 saturated heterocycles. The second kappa shape index (κ2) is 3.57. The maximum absolute atomic E-state index is 11.0. The molecule has 1 aliphatic rings. The van der Waals surface area contributed by atoms with Crippen LogP contribution >= 0.6 is 15.9 Å². The molecule has 0 unspecified atom stereocenters. The second-order valence-electron chi connectivity index (χ2n) is 3.12. The Kier molecular flexibility index (Phi) is 2.93. The highest BCUT2D eigenvalue weighted by molar-refractivity contribution is 9.09. The predicted molar refractivity (Wildman–Crippen MR) is 46.7 cm³/mol. The van der Waals surface area contributed by atoms with E-state index in [2.05, 4.69) is 15.9 Å². The molecule has 0 aromatic carbocycles. The molecular weight excluding hydrogens is 208 g/mol. The fourth-order valence-corrected chi connectivity index (χ4v) is 1.81. The minimum absolute atomic E-state index is 0.0514. The Labute approximate surface area is 75.4 Å². The third-order valence-corrected chi connectivity index (χ3v) is 3.25. The molecule has 1 aliphatic carbocycles. The third-order valence-electron chi connectivity index (χ3n) is 2.07. The van der Waals surface area contributed by atoms with Gasteiger partial charge in [0.15, 0.2) is 0 Å². The maximum Gasteiger partial charge on any atom is 0.306 e. The van der Waals surface area contributed by atoms with Gasteiger partial charge >= 0.3 is 5.97 Å². The molecule has 1 fully saturated rings. The lowest BCUT2D eigenvalue weighted by molar-refractivity contribution is -0.144. The smallest absolute Gasteiger partial charge is 0.306 e. The van der Waals surface area contributed by atoms with E-state index in [4.69, 9.17) is 4.74 Å². The van der Waals surface area contributed by atoms with Crippen molar-refractivity contribution in [2.45, 2.75) is 26.2 Å². The molecule has 0 aliphatic heterocycles. The van der Waals surface area contributed by atoms with E-state index in [9.17, 15) is 4.79 Å². The molecule has 0 bridgehead atoms. The van der Waals surface area contributed by atoms with Gasteiger partial charge in [0.25, 0.3) is 0 Å². The molecule has 1 saturated carbocycles. The maximum atomic E-state index is 11.0. The normalized spacial score (nSPS) is 19.5. The van der Waals surface area contributed by atoms with Crippen molar-refractivity contribution in [3.63, 3.8) is 0 Å². The van der Waals surface area contributed by atoms with Crippen LogP contribution in [0.15, 0.2) is 0 Å². The van der Waals surface area contributed by atoms with E-state index in [0.717, 1.165) is 18.2 Å².